The quantitative estimate of drug-likeness (QED) is 0.857. The fourth-order valence-corrected chi connectivity index (χ4v) is 2.89. The van der Waals surface area contributed by atoms with Gasteiger partial charge in [-0.3, -0.25) is 10.5 Å². The van der Waals surface area contributed by atoms with Crippen LogP contribution in [-0.4, -0.2) is 5.12 Å². The Hall–Kier alpha value is -2.83. The van der Waals surface area contributed by atoms with E-state index in [9.17, 15) is 4.79 Å². The van der Waals surface area contributed by atoms with Crippen molar-refractivity contribution in [3.8, 4) is 12.1 Å². The van der Waals surface area contributed by atoms with Gasteiger partial charge in [0, 0.05) is 5.56 Å². The molecule has 108 valence electrons. The maximum absolute atomic E-state index is 12.4. The van der Waals surface area contributed by atoms with Crippen LogP contribution in [0.1, 0.15) is 32.6 Å². The minimum absolute atomic E-state index is 0.137. The first-order valence-electron chi connectivity index (χ1n) is 6.41. The topological polar surface area (TPSA) is 105 Å². The molecule has 0 saturated heterocycles. The monoisotopic (exact) mass is 309 g/mol. The third-order valence-electron chi connectivity index (χ3n) is 3.11. The summed E-state index contributed by atoms with van der Waals surface area (Å²) in [5, 5.41) is 18.2. The fourth-order valence-electron chi connectivity index (χ4n) is 1.99. The minimum Gasteiger partial charge on any atom is -0.286 e. The number of carbonyl (C=O) groups excluding carboxylic acids is 1. The molecule has 6 heteroatoms. The molecule has 0 bridgehead atoms. The van der Waals surface area contributed by atoms with Gasteiger partial charge in [-0.25, -0.2) is 4.98 Å². The maximum atomic E-state index is 12.4. The van der Waals surface area contributed by atoms with Crippen molar-refractivity contribution in [1.29, 1.82) is 10.5 Å². The Kier molecular flexibility index (Phi) is 4.45. The molecule has 2 rings (SSSR count). The summed E-state index contributed by atoms with van der Waals surface area (Å²) < 4.78 is 0. The number of carbonyl (C=O) groups is 1. The molecule has 0 amide bonds. The molecule has 22 heavy (non-hydrogen) atoms. The zero-order valence-electron chi connectivity index (χ0n) is 12.1. The first-order chi connectivity index (χ1) is 10.5. The number of benzene rings is 1. The number of hydrogen-bond acceptors (Lipinski definition) is 5. The lowest BCUT2D eigenvalue weighted by molar-refractivity contribution is -0.410. The van der Waals surface area contributed by atoms with Crippen molar-refractivity contribution in [2.75, 3.05) is 5.73 Å². The lowest BCUT2D eigenvalue weighted by atomic mass is 10.1. The normalized spacial score (nSPS) is 9.82. The number of nitrogens with zero attached hydrogens (tertiary/aromatic N) is 2. The average molecular weight is 309 g/mol. The van der Waals surface area contributed by atoms with E-state index in [-0.39, 0.29) is 22.1 Å². The highest BCUT2D eigenvalue weighted by atomic mass is 32.2. The average Bonchev–Trinajstić information content (AvgIpc) is 2.47. The molecule has 0 spiro atoms. The Morgan fingerprint density at radius 3 is 2.45 bits per heavy atom. The van der Waals surface area contributed by atoms with Gasteiger partial charge < -0.3 is 0 Å². The van der Waals surface area contributed by atoms with Crippen LogP contribution < -0.4 is 10.7 Å². The summed E-state index contributed by atoms with van der Waals surface area (Å²) in [4.78, 5) is 15.2. The molecule has 1 aromatic carbocycles. The molecule has 0 unspecified atom stereocenters. The van der Waals surface area contributed by atoms with Gasteiger partial charge in [0.25, 0.3) is 5.82 Å². The zero-order valence-corrected chi connectivity index (χ0v) is 12.9. The number of hydrogen-bond donors (Lipinski definition) is 1. The van der Waals surface area contributed by atoms with Gasteiger partial charge in [0.05, 0.1) is 0 Å². The summed E-state index contributed by atoms with van der Waals surface area (Å²) in [5.74, 6) is 0.137. The predicted octanol–water partition coefficient (Wildman–Crippen LogP) is 2.38. The summed E-state index contributed by atoms with van der Waals surface area (Å²) in [7, 11) is 0. The maximum Gasteiger partial charge on any atom is 0.289 e. The summed E-state index contributed by atoms with van der Waals surface area (Å²) in [6.07, 6.45) is 0. The van der Waals surface area contributed by atoms with Crippen molar-refractivity contribution in [3.63, 3.8) is 0 Å². The van der Waals surface area contributed by atoms with Gasteiger partial charge in [-0.05, 0) is 43.3 Å². The predicted molar refractivity (Wildman–Crippen MR) is 82.9 cm³/mol. The van der Waals surface area contributed by atoms with E-state index in [4.69, 9.17) is 16.3 Å². The Morgan fingerprint density at radius 1 is 1.18 bits per heavy atom. The molecule has 3 N–H and O–H groups in total. The lowest BCUT2D eigenvalue weighted by Crippen LogP contribution is -2.18. The Bertz CT molecular complexity index is 846. The number of rotatable bonds is 2. The van der Waals surface area contributed by atoms with Crippen LogP contribution in [-0.2, 0) is 0 Å². The molecular formula is C16H13N4OS+. The van der Waals surface area contributed by atoms with Crippen molar-refractivity contribution >= 4 is 22.7 Å². The van der Waals surface area contributed by atoms with Gasteiger partial charge in [0.1, 0.15) is 23.3 Å². The van der Waals surface area contributed by atoms with Crippen LogP contribution in [0.3, 0.4) is 0 Å². The van der Waals surface area contributed by atoms with Crippen LogP contribution in [0.25, 0.3) is 0 Å². The number of nitriles is 2. The minimum atomic E-state index is -0.186. The largest absolute Gasteiger partial charge is 0.289 e. The van der Waals surface area contributed by atoms with E-state index in [1.54, 1.807) is 6.07 Å². The highest BCUT2D eigenvalue weighted by Gasteiger charge is 2.19. The summed E-state index contributed by atoms with van der Waals surface area (Å²) in [6.45, 7) is 3.82. The van der Waals surface area contributed by atoms with Crippen molar-refractivity contribution in [1.82, 2.24) is 0 Å². The van der Waals surface area contributed by atoms with E-state index in [0.717, 1.165) is 22.9 Å². The van der Waals surface area contributed by atoms with E-state index < -0.39 is 0 Å². The Balaban J connectivity index is 2.39. The van der Waals surface area contributed by atoms with E-state index in [2.05, 4.69) is 4.98 Å². The fraction of sp³-hybridized carbons (Fsp3) is 0.125. The number of aryl methyl sites for hydroxylation is 2. The van der Waals surface area contributed by atoms with Crippen molar-refractivity contribution < 1.29 is 9.78 Å². The number of H-pyrrole nitrogens is 1. The Morgan fingerprint density at radius 2 is 1.86 bits per heavy atom. The van der Waals surface area contributed by atoms with E-state index in [1.807, 2.05) is 38.1 Å². The van der Waals surface area contributed by atoms with Gasteiger partial charge in [-0.1, -0.05) is 17.7 Å². The Labute approximate surface area is 132 Å². The number of anilines is 1. The second kappa shape index (κ2) is 6.30. The number of nitrogens with two attached hydrogens (primary N) is 1. The van der Waals surface area contributed by atoms with Crippen LogP contribution in [0.15, 0.2) is 29.3 Å². The highest BCUT2D eigenvalue weighted by molar-refractivity contribution is 8.14. The van der Waals surface area contributed by atoms with Crippen molar-refractivity contribution in [3.05, 3.63) is 52.1 Å². The number of nitrogens with one attached hydrogen (secondary N) is 1. The summed E-state index contributed by atoms with van der Waals surface area (Å²) in [5.41, 5.74) is 8.63. The van der Waals surface area contributed by atoms with Crippen LogP contribution in [0.4, 0.5) is 5.82 Å². The molecule has 1 heterocycles. The van der Waals surface area contributed by atoms with Crippen molar-refractivity contribution in [2.45, 2.75) is 18.9 Å². The van der Waals surface area contributed by atoms with Gasteiger partial charge in [-0.15, -0.1) is 0 Å². The van der Waals surface area contributed by atoms with Crippen LogP contribution in [0.2, 0.25) is 0 Å². The van der Waals surface area contributed by atoms with Gasteiger partial charge in [-0.2, -0.15) is 10.5 Å². The molecule has 5 nitrogen and oxygen atoms in total. The molecule has 0 aliphatic heterocycles. The first kappa shape index (κ1) is 15.6. The molecule has 2 aromatic rings. The number of aromatic amines is 1. The third kappa shape index (κ3) is 3.08. The smallest absolute Gasteiger partial charge is 0.286 e. The number of pyridine rings is 1. The SMILES string of the molecule is Cc1ccc(C(=O)Sc2[nH+]c(N)c(C#N)cc2C#N)c(C)c1. The number of thioether (sulfide) groups is 1. The summed E-state index contributed by atoms with van der Waals surface area (Å²) >= 11 is 0.895. The van der Waals surface area contributed by atoms with Crippen LogP contribution >= 0.6 is 11.8 Å². The van der Waals surface area contributed by atoms with E-state index >= 15 is 0 Å². The number of aromatic nitrogens is 1. The molecule has 0 aliphatic carbocycles. The van der Waals surface area contributed by atoms with E-state index in [0.29, 0.717) is 10.6 Å². The van der Waals surface area contributed by atoms with Crippen molar-refractivity contribution in [2.24, 2.45) is 0 Å². The van der Waals surface area contributed by atoms with Crippen LogP contribution in [0, 0.1) is 36.5 Å². The molecule has 0 fully saturated rings. The number of nitrogen functional groups attached to an aromatic ring is 1. The molecule has 0 aliphatic rings. The molecule has 0 atom stereocenters. The molecular weight excluding hydrogens is 296 g/mol. The van der Waals surface area contributed by atoms with Gasteiger partial charge in [0.15, 0.2) is 5.03 Å². The second-order valence-corrected chi connectivity index (χ2v) is 5.75. The summed E-state index contributed by atoms with van der Waals surface area (Å²) in [6, 6.07) is 10.8. The molecule has 1 aromatic heterocycles. The van der Waals surface area contributed by atoms with Gasteiger partial charge >= 0.3 is 0 Å². The van der Waals surface area contributed by atoms with E-state index in [1.165, 1.54) is 6.07 Å². The second-order valence-electron chi connectivity index (χ2n) is 4.77. The third-order valence-corrected chi connectivity index (χ3v) is 4.04. The standard InChI is InChI=1S/C16H12N4OS/c1-9-3-4-13(10(2)5-9)16(21)22-15-12(8-18)6-11(7-17)14(19)20-15/h3-6H,1-2H3,(H2,19,20)/p+1. The first-order valence-corrected chi connectivity index (χ1v) is 7.23. The van der Waals surface area contributed by atoms with Crippen LogP contribution in [0.5, 0.6) is 0 Å². The molecule has 0 radical (unpaired) electrons. The highest BCUT2D eigenvalue weighted by Crippen LogP contribution is 2.25. The lowest BCUT2D eigenvalue weighted by Gasteiger charge is -2.05. The molecule has 0 saturated carbocycles. The zero-order chi connectivity index (χ0) is 16.3. The van der Waals surface area contributed by atoms with Gasteiger partial charge in [0.2, 0.25) is 5.12 Å².